The molecule has 0 spiro atoms. The first-order valence-corrected chi connectivity index (χ1v) is 11.0. The lowest BCUT2D eigenvalue weighted by Gasteiger charge is -2.21. The number of rotatable bonds is 5. The smallest absolute Gasteiger partial charge is 0.275 e. The molecule has 0 aliphatic carbocycles. The molecule has 0 atom stereocenters. The monoisotopic (exact) mass is 463 g/mol. The SMILES string of the molecule is Cc1ccc(NC(=O)c2cnc(N3CCCN(C)CC3)cn2)c(C(=O)Nc2ccc(F)cn2)c1. The van der Waals surface area contributed by atoms with Crippen molar-refractivity contribution in [2.75, 3.05) is 48.8 Å². The van der Waals surface area contributed by atoms with Crippen LogP contribution in [0, 0.1) is 12.7 Å². The minimum atomic E-state index is -0.503. The molecule has 9 nitrogen and oxygen atoms in total. The number of likely N-dealkylation sites (N-methyl/N-ethyl adjacent to an activating group) is 1. The Balaban J connectivity index is 1.47. The Kier molecular flexibility index (Phi) is 7.07. The van der Waals surface area contributed by atoms with Crippen LogP contribution in [0.2, 0.25) is 0 Å². The zero-order valence-corrected chi connectivity index (χ0v) is 19.1. The van der Waals surface area contributed by atoms with Crippen LogP contribution in [0.4, 0.5) is 21.7 Å². The highest BCUT2D eigenvalue weighted by atomic mass is 19.1. The molecule has 1 saturated heterocycles. The van der Waals surface area contributed by atoms with Gasteiger partial charge in [0.15, 0.2) is 0 Å². The van der Waals surface area contributed by atoms with Crippen molar-refractivity contribution in [1.82, 2.24) is 19.9 Å². The average Bonchev–Trinajstić information content (AvgIpc) is 3.06. The summed E-state index contributed by atoms with van der Waals surface area (Å²) in [5.74, 6) is -0.532. The Bertz CT molecular complexity index is 1170. The van der Waals surface area contributed by atoms with Gasteiger partial charge in [-0.05, 0) is 51.2 Å². The number of anilines is 3. The zero-order valence-electron chi connectivity index (χ0n) is 19.1. The number of aromatic nitrogens is 3. The average molecular weight is 464 g/mol. The number of aryl methyl sites for hydroxylation is 1. The predicted octanol–water partition coefficient (Wildman–Crippen LogP) is 2.97. The van der Waals surface area contributed by atoms with E-state index in [-0.39, 0.29) is 17.1 Å². The molecular weight excluding hydrogens is 437 g/mol. The van der Waals surface area contributed by atoms with Gasteiger partial charge < -0.3 is 20.4 Å². The number of carbonyl (C=O) groups is 2. The number of benzene rings is 1. The number of hydrogen-bond acceptors (Lipinski definition) is 7. The van der Waals surface area contributed by atoms with Gasteiger partial charge in [-0.15, -0.1) is 0 Å². The molecule has 34 heavy (non-hydrogen) atoms. The van der Waals surface area contributed by atoms with Crippen molar-refractivity contribution in [3.8, 4) is 0 Å². The van der Waals surface area contributed by atoms with Gasteiger partial charge in [0.05, 0.1) is 29.8 Å². The second kappa shape index (κ2) is 10.3. The highest BCUT2D eigenvalue weighted by Gasteiger charge is 2.18. The van der Waals surface area contributed by atoms with E-state index in [4.69, 9.17) is 0 Å². The Morgan fingerprint density at radius 3 is 2.50 bits per heavy atom. The number of nitrogens with one attached hydrogen (secondary N) is 2. The minimum absolute atomic E-state index is 0.142. The molecule has 3 heterocycles. The molecule has 1 aliphatic heterocycles. The van der Waals surface area contributed by atoms with Crippen LogP contribution in [0.1, 0.15) is 32.8 Å². The number of carbonyl (C=O) groups excluding carboxylic acids is 2. The summed E-state index contributed by atoms with van der Waals surface area (Å²) in [6, 6.07) is 7.65. The van der Waals surface area contributed by atoms with E-state index in [9.17, 15) is 14.0 Å². The summed E-state index contributed by atoms with van der Waals surface area (Å²) < 4.78 is 13.1. The maximum atomic E-state index is 13.1. The summed E-state index contributed by atoms with van der Waals surface area (Å²) in [5, 5.41) is 5.35. The van der Waals surface area contributed by atoms with E-state index in [0.717, 1.165) is 50.2 Å². The van der Waals surface area contributed by atoms with E-state index in [0.29, 0.717) is 5.69 Å². The molecule has 1 aromatic carbocycles. The topological polar surface area (TPSA) is 103 Å². The van der Waals surface area contributed by atoms with E-state index in [1.54, 1.807) is 24.4 Å². The van der Waals surface area contributed by atoms with Gasteiger partial charge in [-0.25, -0.2) is 19.3 Å². The van der Waals surface area contributed by atoms with Crippen LogP contribution in [-0.4, -0.2) is 64.9 Å². The van der Waals surface area contributed by atoms with Crippen molar-refractivity contribution in [3.05, 3.63) is 71.6 Å². The number of halogens is 1. The molecule has 1 fully saturated rings. The first-order valence-electron chi connectivity index (χ1n) is 11.0. The Hall–Kier alpha value is -3.92. The van der Waals surface area contributed by atoms with E-state index in [2.05, 4.69) is 42.4 Å². The molecule has 3 aromatic rings. The number of pyridine rings is 1. The Labute approximate surface area is 197 Å². The highest BCUT2D eigenvalue weighted by molar-refractivity contribution is 6.12. The third-order valence-electron chi connectivity index (χ3n) is 5.55. The quantitative estimate of drug-likeness (QED) is 0.600. The van der Waals surface area contributed by atoms with Crippen molar-refractivity contribution in [2.45, 2.75) is 13.3 Å². The van der Waals surface area contributed by atoms with Gasteiger partial charge in [-0.1, -0.05) is 11.6 Å². The van der Waals surface area contributed by atoms with Gasteiger partial charge in [0.25, 0.3) is 11.8 Å². The van der Waals surface area contributed by atoms with Crippen molar-refractivity contribution >= 4 is 29.1 Å². The number of nitrogens with zero attached hydrogens (tertiary/aromatic N) is 5. The summed E-state index contributed by atoms with van der Waals surface area (Å²) in [6.07, 6.45) is 5.09. The lowest BCUT2D eigenvalue weighted by molar-refractivity contribution is 0.102. The summed E-state index contributed by atoms with van der Waals surface area (Å²) >= 11 is 0. The van der Waals surface area contributed by atoms with Crippen LogP contribution < -0.4 is 15.5 Å². The second-order valence-corrected chi connectivity index (χ2v) is 8.22. The van der Waals surface area contributed by atoms with Crippen molar-refractivity contribution < 1.29 is 14.0 Å². The van der Waals surface area contributed by atoms with Crippen LogP contribution in [-0.2, 0) is 0 Å². The first kappa shape index (κ1) is 23.2. The molecule has 2 amide bonds. The van der Waals surface area contributed by atoms with Gasteiger partial charge >= 0.3 is 0 Å². The molecule has 2 aromatic heterocycles. The standard InChI is InChI=1S/C24H26FN7O2/c1-16-4-6-19(18(12-16)23(33)30-21-7-5-17(25)13-27-21)29-24(34)20-14-28-22(15-26-20)32-9-3-8-31(2)10-11-32/h4-7,12-15H,3,8-11H2,1-2H3,(H,29,34)(H,27,30,33). The van der Waals surface area contributed by atoms with E-state index < -0.39 is 17.6 Å². The van der Waals surface area contributed by atoms with E-state index in [1.165, 1.54) is 18.3 Å². The number of amides is 2. The maximum Gasteiger partial charge on any atom is 0.275 e. The Morgan fingerprint density at radius 2 is 1.76 bits per heavy atom. The van der Waals surface area contributed by atoms with Crippen LogP contribution in [0.3, 0.4) is 0 Å². The summed E-state index contributed by atoms with van der Waals surface area (Å²) in [5.41, 5.74) is 1.54. The molecule has 0 bridgehead atoms. The van der Waals surface area contributed by atoms with E-state index >= 15 is 0 Å². The van der Waals surface area contributed by atoms with Crippen molar-refractivity contribution in [2.24, 2.45) is 0 Å². The zero-order chi connectivity index (χ0) is 24.1. The third-order valence-corrected chi connectivity index (χ3v) is 5.55. The molecule has 1 aliphatic rings. The van der Waals surface area contributed by atoms with Crippen molar-refractivity contribution in [3.63, 3.8) is 0 Å². The molecule has 0 saturated carbocycles. The summed E-state index contributed by atoms with van der Waals surface area (Å²) in [4.78, 5) is 42.7. The summed E-state index contributed by atoms with van der Waals surface area (Å²) in [6.45, 7) is 5.55. The molecule has 0 radical (unpaired) electrons. The fourth-order valence-corrected chi connectivity index (χ4v) is 3.65. The maximum absolute atomic E-state index is 13.1. The fraction of sp³-hybridized carbons (Fsp3) is 0.292. The lowest BCUT2D eigenvalue weighted by Crippen LogP contribution is -2.29. The molecule has 0 unspecified atom stereocenters. The normalized spacial score (nSPS) is 14.4. The molecule has 10 heteroatoms. The summed E-state index contributed by atoms with van der Waals surface area (Å²) in [7, 11) is 2.10. The molecule has 2 N–H and O–H groups in total. The highest BCUT2D eigenvalue weighted by Crippen LogP contribution is 2.20. The number of hydrogen-bond donors (Lipinski definition) is 2. The largest absolute Gasteiger partial charge is 0.354 e. The Morgan fingerprint density at radius 1 is 0.912 bits per heavy atom. The van der Waals surface area contributed by atoms with E-state index in [1.807, 2.05) is 6.92 Å². The minimum Gasteiger partial charge on any atom is -0.354 e. The van der Waals surface area contributed by atoms with Gasteiger partial charge in [0.2, 0.25) is 0 Å². The molecular formula is C24H26FN7O2. The predicted molar refractivity (Wildman–Crippen MR) is 128 cm³/mol. The fourth-order valence-electron chi connectivity index (χ4n) is 3.65. The molecule has 176 valence electrons. The van der Waals surface area contributed by atoms with Gasteiger partial charge in [-0.3, -0.25) is 9.59 Å². The van der Waals surface area contributed by atoms with Crippen LogP contribution in [0.5, 0.6) is 0 Å². The first-order chi connectivity index (χ1) is 16.4. The van der Waals surface area contributed by atoms with Crippen LogP contribution >= 0.6 is 0 Å². The third kappa shape index (κ3) is 5.70. The van der Waals surface area contributed by atoms with Gasteiger partial charge in [-0.2, -0.15) is 0 Å². The van der Waals surface area contributed by atoms with Crippen molar-refractivity contribution in [1.29, 1.82) is 0 Å². The molecule has 4 rings (SSSR count). The second-order valence-electron chi connectivity index (χ2n) is 8.22. The van der Waals surface area contributed by atoms with Gasteiger partial charge in [0.1, 0.15) is 23.1 Å². The van der Waals surface area contributed by atoms with Crippen LogP contribution in [0.15, 0.2) is 48.9 Å². The van der Waals surface area contributed by atoms with Crippen LogP contribution in [0.25, 0.3) is 0 Å². The lowest BCUT2D eigenvalue weighted by atomic mass is 10.1. The van der Waals surface area contributed by atoms with Gasteiger partial charge in [0, 0.05) is 19.6 Å².